The molecule has 0 saturated carbocycles. The van der Waals surface area contributed by atoms with Gasteiger partial charge in [-0.1, -0.05) is 6.07 Å². The van der Waals surface area contributed by atoms with E-state index in [-0.39, 0.29) is 12.4 Å². The molecule has 0 atom stereocenters. The van der Waals surface area contributed by atoms with Crippen LogP contribution in [0.25, 0.3) is 0 Å². The average Bonchev–Trinajstić information content (AvgIpc) is 2.25. The first-order chi connectivity index (χ1) is 8.73. The number of carbonyl (C=O) groups excluding carboxylic acids is 1. The minimum Gasteiger partial charge on any atom is -0.444 e. The van der Waals surface area contributed by atoms with Crippen LogP contribution in [-0.4, -0.2) is 22.6 Å². The van der Waals surface area contributed by atoms with Gasteiger partial charge in [0.05, 0.1) is 6.61 Å². The van der Waals surface area contributed by atoms with Crippen molar-refractivity contribution in [1.82, 2.24) is 5.32 Å². The smallest absolute Gasteiger partial charge is 0.413 e. The zero-order chi connectivity index (χ0) is 14.6. The Hall–Kier alpha value is -2.08. The monoisotopic (exact) mass is 265 g/mol. The second kappa shape index (κ2) is 5.71. The summed E-state index contributed by atoms with van der Waals surface area (Å²) in [4.78, 5) is 11.5. The van der Waals surface area contributed by atoms with Gasteiger partial charge in [-0.15, -0.1) is 0 Å². The van der Waals surface area contributed by atoms with Gasteiger partial charge in [0, 0.05) is 11.3 Å². The largest absolute Gasteiger partial charge is 0.444 e. The van der Waals surface area contributed by atoms with Gasteiger partial charge in [-0.3, -0.25) is 10.7 Å². The minimum atomic E-state index is -0.705. The van der Waals surface area contributed by atoms with Gasteiger partial charge in [0.25, 0.3) is 0 Å². The number of benzene rings is 1. The molecule has 19 heavy (non-hydrogen) atoms. The second-order valence-corrected chi connectivity index (χ2v) is 5.08. The number of amidine groups is 1. The molecule has 0 unspecified atom stereocenters. The van der Waals surface area contributed by atoms with E-state index in [0.29, 0.717) is 16.8 Å². The fourth-order valence-corrected chi connectivity index (χ4v) is 1.41. The molecule has 0 spiro atoms. The zero-order valence-electron chi connectivity index (χ0n) is 11.3. The van der Waals surface area contributed by atoms with E-state index in [9.17, 15) is 4.79 Å². The number of hydrogen-bond acceptors (Lipinski definition) is 5. The standard InChI is InChI=1S/C13H19N3O3/c1-13(2,3)19-12(18)16-11(15)9-5-4-8(7-17)6-10(9)14/h4-6,17H,7,14H2,1-3H3,(H2,15,16,18). The van der Waals surface area contributed by atoms with E-state index in [1.54, 1.807) is 39.0 Å². The lowest BCUT2D eigenvalue weighted by molar-refractivity contribution is 0.0563. The van der Waals surface area contributed by atoms with Crippen molar-refractivity contribution >= 4 is 17.6 Å². The molecule has 0 radical (unpaired) electrons. The molecule has 1 aromatic carbocycles. The molecule has 0 aromatic heterocycles. The first kappa shape index (κ1) is 15.0. The molecule has 0 bridgehead atoms. The van der Waals surface area contributed by atoms with E-state index in [4.69, 9.17) is 21.0 Å². The molecule has 0 fully saturated rings. The van der Waals surface area contributed by atoms with Gasteiger partial charge in [-0.2, -0.15) is 0 Å². The zero-order valence-corrected chi connectivity index (χ0v) is 11.3. The van der Waals surface area contributed by atoms with E-state index in [1.165, 1.54) is 0 Å². The highest BCUT2D eigenvalue weighted by molar-refractivity contribution is 6.07. The summed E-state index contributed by atoms with van der Waals surface area (Å²) in [5.41, 5.74) is 6.46. The molecular weight excluding hydrogens is 246 g/mol. The lowest BCUT2D eigenvalue weighted by Crippen LogP contribution is -2.36. The molecule has 104 valence electrons. The lowest BCUT2D eigenvalue weighted by atomic mass is 10.1. The van der Waals surface area contributed by atoms with E-state index in [2.05, 4.69) is 5.32 Å². The van der Waals surface area contributed by atoms with Crippen molar-refractivity contribution in [3.63, 3.8) is 0 Å². The van der Waals surface area contributed by atoms with Crippen LogP contribution in [0.2, 0.25) is 0 Å². The van der Waals surface area contributed by atoms with Crippen LogP contribution >= 0.6 is 0 Å². The summed E-state index contributed by atoms with van der Waals surface area (Å²) in [7, 11) is 0. The van der Waals surface area contributed by atoms with Crippen LogP contribution in [0.5, 0.6) is 0 Å². The topological polar surface area (TPSA) is 108 Å². The molecule has 1 rings (SSSR count). The maximum atomic E-state index is 11.5. The van der Waals surface area contributed by atoms with Crippen LogP contribution in [0, 0.1) is 5.41 Å². The number of nitrogens with one attached hydrogen (secondary N) is 2. The molecule has 0 heterocycles. The number of rotatable bonds is 2. The van der Waals surface area contributed by atoms with Crippen molar-refractivity contribution in [2.24, 2.45) is 0 Å². The highest BCUT2D eigenvalue weighted by Crippen LogP contribution is 2.14. The molecule has 6 heteroatoms. The van der Waals surface area contributed by atoms with Crippen molar-refractivity contribution < 1.29 is 14.6 Å². The third kappa shape index (κ3) is 4.59. The van der Waals surface area contributed by atoms with Gasteiger partial charge in [-0.25, -0.2) is 4.79 Å². The number of amides is 1. The normalized spacial score (nSPS) is 10.9. The van der Waals surface area contributed by atoms with Crippen LogP contribution < -0.4 is 11.1 Å². The summed E-state index contributed by atoms with van der Waals surface area (Å²) in [6, 6.07) is 4.76. The summed E-state index contributed by atoms with van der Waals surface area (Å²) in [5, 5.41) is 19.1. The Bertz CT molecular complexity index is 492. The van der Waals surface area contributed by atoms with Crippen molar-refractivity contribution in [2.45, 2.75) is 33.0 Å². The van der Waals surface area contributed by atoms with Gasteiger partial charge in [0.2, 0.25) is 0 Å². The van der Waals surface area contributed by atoms with Crippen molar-refractivity contribution in [3.05, 3.63) is 29.3 Å². The van der Waals surface area contributed by atoms with Gasteiger partial charge in [0.15, 0.2) is 0 Å². The number of nitrogen functional groups attached to an aromatic ring is 1. The van der Waals surface area contributed by atoms with Crippen LogP contribution in [0.1, 0.15) is 31.9 Å². The van der Waals surface area contributed by atoms with Crippen molar-refractivity contribution in [1.29, 1.82) is 5.41 Å². The van der Waals surface area contributed by atoms with E-state index < -0.39 is 11.7 Å². The Morgan fingerprint density at radius 2 is 2.11 bits per heavy atom. The van der Waals surface area contributed by atoms with Gasteiger partial charge in [-0.05, 0) is 38.5 Å². The minimum absolute atomic E-state index is 0.128. The lowest BCUT2D eigenvalue weighted by Gasteiger charge is -2.20. The number of nitrogens with two attached hydrogens (primary N) is 1. The van der Waals surface area contributed by atoms with Gasteiger partial charge >= 0.3 is 6.09 Å². The number of aliphatic hydroxyl groups excluding tert-OH is 1. The third-order valence-corrected chi connectivity index (χ3v) is 2.19. The maximum Gasteiger partial charge on any atom is 0.413 e. The molecule has 0 aliphatic rings. The van der Waals surface area contributed by atoms with Crippen LogP contribution in [0.3, 0.4) is 0 Å². The summed E-state index contributed by atoms with van der Waals surface area (Å²) >= 11 is 0. The number of carbonyl (C=O) groups is 1. The van der Waals surface area contributed by atoms with Crippen molar-refractivity contribution in [3.8, 4) is 0 Å². The highest BCUT2D eigenvalue weighted by Gasteiger charge is 2.18. The second-order valence-electron chi connectivity index (χ2n) is 5.08. The number of aliphatic hydroxyl groups is 1. The Balaban J connectivity index is 2.76. The van der Waals surface area contributed by atoms with Gasteiger partial charge in [0.1, 0.15) is 11.4 Å². The average molecular weight is 265 g/mol. The summed E-state index contributed by atoms with van der Waals surface area (Å²) < 4.78 is 5.04. The van der Waals surface area contributed by atoms with Crippen LogP contribution in [0.4, 0.5) is 10.5 Å². The molecule has 1 amide bonds. The van der Waals surface area contributed by atoms with Crippen LogP contribution in [0.15, 0.2) is 18.2 Å². The Kier molecular flexibility index (Phi) is 4.50. The number of anilines is 1. The number of hydrogen-bond donors (Lipinski definition) is 4. The molecular formula is C13H19N3O3. The fraction of sp³-hybridized carbons (Fsp3) is 0.385. The van der Waals surface area contributed by atoms with Crippen molar-refractivity contribution in [2.75, 3.05) is 5.73 Å². The van der Waals surface area contributed by atoms with Crippen LogP contribution in [-0.2, 0) is 11.3 Å². The molecule has 5 N–H and O–H groups in total. The number of ether oxygens (including phenoxy) is 1. The first-order valence-electron chi connectivity index (χ1n) is 5.81. The highest BCUT2D eigenvalue weighted by atomic mass is 16.6. The first-order valence-corrected chi connectivity index (χ1v) is 5.81. The Morgan fingerprint density at radius 3 is 2.58 bits per heavy atom. The summed E-state index contributed by atoms with van der Waals surface area (Å²) in [6.45, 7) is 5.08. The predicted molar refractivity (Wildman–Crippen MR) is 73.0 cm³/mol. The van der Waals surface area contributed by atoms with E-state index in [0.717, 1.165) is 0 Å². The van der Waals surface area contributed by atoms with Gasteiger partial charge < -0.3 is 15.6 Å². The van der Waals surface area contributed by atoms with E-state index in [1.807, 2.05) is 0 Å². The fourth-order valence-electron chi connectivity index (χ4n) is 1.41. The van der Waals surface area contributed by atoms with E-state index >= 15 is 0 Å². The Morgan fingerprint density at radius 1 is 1.47 bits per heavy atom. The SMILES string of the molecule is CC(C)(C)OC(=O)NC(=N)c1ccc(CO)cc1N. The molecule has 0 aliphatic carbocycles. The molecule has 0 saturated heterocycles. The Labute approximate surface area is 112 Å². The quantitative estimate of drug-likeness (QED) is 0.370. The maximum absolute atomic E-state index is 11.5. The molecule has 6 nitrogen and oxygen atoms in total. The predicted octanol–water partition coefficient (Wildman–Crippen LogP) is 1.61. The summed E-state index contributed by atoms with van der Waals surface area (Å²) in [5.74, 6) is -0.142. The molecule has 1 aromatic rings. The molecule has 0 aliphatic heterocycles. The third-order valence-electron chi connectivity index (χ3n) is 2.19. The summed E-state index contributed by atoms with van der Waals surface area (Å²) in [6.07, 6.45) is -0.705. The number of alkyl carbamates (subject to hydrolysis) is 1.